The maximum absolute atomic E-state index is 11.4. The van der Waals surface area contributed by atoms with Crippen LogP contribution in [-0.2, 0) is 4.79 Å². The van der Waals surface area contributed by atoms with Crippen LogP contribution in [0, 0.1) is 6.61 Å². The molecule has 0 heterocycles. The Bertz CT molecular complexity index is 241. The van der Waals surface area contributed by atoms with Crippen LogP contribution in [0.2, 0.25) is 0 Å². The van der Waals surface area contributed by atoms with Gasteiger partial charge >= 0.3 is 0 Å². The van der Waals surface area contributed by atoms with Crippen LogP contribution in [0.3, 0.4) is 0 Å². The van der Waals surface area contributed by atoms with E-state index in [1.807, 2.05) is 0 Å². The number of Topliss-reactive ketones (excluding diaryl/α,β-unsaturated/α-hetero) is 1. The Kier molecular flexibility index (Phi) is 16.6. The SMILES string of the molecule is CCCCCCCCCCCCCCCC(=O)CC(O)[CH]O. The van der Waals surface area contributed by atoms with E-state index in [0.717, 1.165) is 12.8 Å². The summed E-state index contributed by atoms with van der Waals surface area (Å²) in [6, 6.07) is 0. The van der Waals surface area contributed by atoms with Crippen LogP contribution in [0.1, 0.15) is 103 Å². The molecular weight excluding hydrogens is 276 g/mol. The summed E-state index contributed by atoms with van der Waals surface area (Å²) in [6.07, 6.45) is 16.4. The highest BCUT2D eigenvalue weighted by atomic mass is 16.3. The van der Waals surface area contributed by atoms with Gasteiger partial charge in [-0.15, -0.1) is 0 Å². The van der Waals surface area contributed by atoms with E-state index < -0.39 is 6.10 Å². The lowest BCUT2D eigenvalue weighted by Gasteiger charge is -2.05. The Morgan fingerprint density at radius 2 is 1.23 bits per heavy atom. The molecule has 0 saturated carbocycles. The number of carbonyl (C=O) groups is 1. The van der Waals surface area contributed by atoms with E-state index in [1.54, 1.807) is 0 Å². The lowest BCUT2D eigenvalue weighted by Crippen LogP contribution is -2.13. The summed E-state index contributed by atoms with van der Waals surface area (Å²) in [5.74, 6) is 0.0425. The number of aliphatic hydroxyl groups excluding tert-OH is 2. The van der Waals surface area contributed by atoms with Gasteiger partial charge in [0.2, 0.25) is 0 Å². The molecule has 1 radical (unpaired) electrons. The molecule has 0 amide bonds. The third-order valence-electron chi connectivity index (χ3n) is 4.17. The van der Waals surface area contributed by atoms with E-state index in [-0.39, 0.29) is 12.2 Å². The minimum absolute atomic E-state index is 0.0425. The molecule has 0 saturated heterocycles. The third kappa shape index (κ3) is 16.0. The van der Waals surface area contributed by atoms with Crippen LogP contribution in [0.4, 0.5) is 0 Å². The molecular formula is C19H37O3. The normalized spacial score (nSPS) is 12.5. The molecule has 22 heavy (non-hydrogen) atoms. The summed E-state index contributed by atoms with van der Waals surface area (Å²) >= 11 is 0. The summed E-state index contributed by atoms with van der Waals surface area (Å²) < 4.78 is 0. The fourth-order valence-corrected chi connectivity index (χ4v) is 2.73. The van der Waals surface area contributed by atoms with Crippen molar-refractivity contribution in [3.8, 4) is 0 Å². The Hall–Kier alpha value is -0.410. The number of aliphatic hydroxyl groups is 2. The Morgan fingerprint density at radius 1 is 0.818 bits per heavy atom. The first-order chi connectivity index (χ1) is 10.7. The van der Waals surface area contributed by atoms with Crippen molar-refractivity contribution in [3.05, 3.63) is 6.61 Å². The number of ketones is 1. The van der Waals surface area contributed by atoms with Gasteiger partial charge in [0.05, 0.1) is 6.10 Å². The van der Waals surface area contributed by atoms with Gasteiger partial charge in [-0.2, -0.15) is 0 Å². The quantitative estimate of drug-likeness (QED) is 0.357. The highest BCUT2D eigenvalue weighted by molar-refractivity contribution is 5.78. The number of hydrogen-bond acceptors (Lipinski definition) is 3. The minimum atomic E-state index is -0.991. The van der Waals surface area contributed by atoms with Gasteiger partial charge in [-0.1, -0.05) is 84.0 Å². The van der Waals surface area contributed by atoms with E-state index >= 15 is 0 Å². The lowest BCUT2D eigenvalue weighted by atomic mass is 10.0. The second-order valence-corrected chi connectivity index (χ2v) is 6.45. The lowest BCUT2D eigenvalue weighted by molar-refractivity contribution is -0.121. The topological polar surface area (TPSA) is 57.5 Å². The van der Waals surface area contributed by atoms with Gasteiger partial charge in [-0.25, -0.2) is 0 Å². The largest absolute Gasteiger partial charge is 0.390 e. The average molecular weight is 314 g/mol. The van der Waals surface area contributed by atoms with Gasteiger partial charge in [-0.05, 0) is 6.42 Å². The van der Waals surface area contributed by atoms with Crippen molar-refractivity contribution in [2.75, 3.05) is 0 Å². The molecule has 131 valence electrons. The van der Waals surface area contributed by atoms with Crippen molar-refractivity contribution in [2.24, 2.45) is 0 Å². The molecule has 3 heteroatoms. The molecule has 0 rings (SSSR count). The summed E-state index contributed by atoms with van der Waals surface area (Å²) in [5, 5.41) is 17.6. The van der Waals surface area contributed by atoms with Crippen molar-refractivity contribution in [3.63, 3.8) is 0 Å². The number of hydrogen-bond donors (Lipinski definition) is 2. The highest BCUT2D eigenvalue weighted by Crippen LogP contribution is 2.13. The third-order valence-corrected chi connectivity index (χ3v) is 4.17. The molecule has 0 aliphatic heterocycles. The molecule has 1 atom stereocenters. The standard InChI is InChI=1S/C19H37O3/c1-2-3-4-5-6-7-8-9-10-11-12-13-14-15-18(21)16-19(22)17-20/h17,19-20,22H,2-16H2,1H3. The highest BCUT2D eigenvalue weighted by Gasteiger charge is 2.09. The maximum Gasteiger partial charge on any atom is 0.135 e. The van der Waals surface area contributed by atoms with Crippen LogP contribution < -0.4 is 0 Å². The van der Waals surface area contributed by atoms with Crippen molar-refractivity contribution < 1.29 is 15.0 Å². The van der Waals surface area contributed by atoms with Gasteiger partial charge in [0.1, 0.15) is 12.4 Å². The van der Waals surface area contributed by atoms with Crippen molar-refractivity contribution >= 4 is 5.78 Å². The number of rotatable bonds is 17. The molecule has 1 unspecified atom stereocenters. The minimum Gasteiger partial charge on any atom is -0.390 e. The summed E-state index contributed by atoms with van der Waals surface area (Å²) in [7, 11) is 0. The number of carbonyl (C=O) groups excluding carboxylic acids is 1. The molecule has 0 aromatic heterocycles. The van der Waals surface area contributed by atoms with Crippen molar-refractivity contribution in [2.45, 2.75) is 109 Å². The summed E-state index contributed by atoms with van der Waals surface area (Å²) in [4.78, 5) is 11.4. The monoisotopic (exact) mass is 313 g/mol. The zero-order valence-corrected chi connectivity index (χ0v) is 14.6. The van der Waals surface area contributed by atoms with E-state index in [0.29, 0.717) is 13.0 Å². The van der Waals surface area contributed by atoms with Crippen LogP contribution in [0.15, 0.2) is 0 Å². The molecule has 0 aromatic rings. The fourth-order valence-electron chi connectivity index (χ4n) is 2.73. The van der Waals surface area contributed by atoms with Gasteiger partial charge in [0.25, 0.3) is 0 Å². The summed E-state index contributed by atoms with van der Waals surface area (Å²) in [5.41, 5.74) is 0. The first-order valence-electron chi connectivity index (χ1n) is 9.38. The fraction of sp³-hybridized carbons (Fsp3) is 0.895. The molecule has 0 fully saturated rings. The van der Waals surface area contributed by atoms with Gasteiger partial charge < -0.3 is 10.2 Å². The maximum atomic E-state index is 11.4. The van der Waals surface area contributed by atoms with E-state index in [2.05, 4.69) is 6.92 Å². The Balaban J connectivity index is 3.12. The van der Waals surface area contributed by atoms with Crippen LogP contribution in [0.25, 0.3) is 0 Å². The molecule has 0 bridgehead atoms. The van der Waals surface area contributed by atoms with Crippen molar-refractivity contribution in [1.82, 2.24) is 0 Å². The zero-order valence-electron chi connectivity index (χ0n) is 14.6. The van der Waals surface area contributed by atoms with E-state index in [9.17, 15) is 4.79 Å². The molecule has 0 aliphatic carbocycles. The van der Waals surface area contributed by atoms with Crippen LogP contribution in [0.5, 0.6) is 0 Å². The first kappa shape index (κ1) is 21.6. The van der Waals surface area contributed by atoms with Gasteiger partial charge in [0, 0.05) is 12.8 Å². The summed E-state index contributed by atoms with van der Waals surface area (Å²) in [6.45, 7) is 2.94. The zero-order chi connectivity index (χ0) is 16.5. The van der Waals surface area contributed by atoms with E-state index in [1.165, 1.54) is 70.6 Å². The average Bonchev–Trinajstić information content (AvgIpc) is 2.51. The molecule has 3 nitrogen and oxygen atoms in total. The van der Waals surface area contributed by atoms with Crippen LogP contribution in [-0.4, -0.2) is 22.1 Å². The van der Waals surface area contributed by atoms with Gasteiger partial charge in [0.15, 0.2) is 0 Å². The first-order valence-corrected chi connectivity index (χ1v) is 9.38. The Morgan fingerprint density at radius 3 is 1.64 bits per heavy atom. The second-order valence-electron chi connectivity index (χ2n) is 6.45. The molecule has 0 spiro atoms. The second kappa shape index (κ2) is 17.0. The Labute approximate surface area is 137 Å². The molecule has 0 aromatic carbocycles. The smallest absolute Gasteiger partial charge is 0.135 e. The van der Waals surface area contributed by atoms with Crippen LogP contribution >= 0.6 is 0 Å². The van der Waals surface area contributed by atoms with Gasteiger partial charge in [-0.3, -0.25) is 4.79 Å². The molecule has 0 aliphatic rings. The van der Waals surface area contributed by atoms with Crippen molar-refractivity contribution in [1.29, 1.82) is 0 Å². The molecule has 2 N–H and O–H groups in total. The predicted molar refractivity (Wildman–Crippen MR) is 92.2 cm³/mol. The van der Waals surface area contributed by atoms with E-state index in [4.69, 9.17) is 10.2 Å². The number of unbranched alkanes of at least 4 members (excludes halogenated alkanes) is 12. The predicted octanol–water partition coefficient (Wildman–Crippen LogP) is 5.32.